The molecule has 4 heteroatoms. The van der Waals surface area contributed by atoms with Crippen LogP contribution in [-0.2, 0) is 4.79 Å². The van der Waals surface area contributed by atoms with Gasteiger partial charge in [-0.1, -0.05) is 13.8 Å². The van der Waals surface area contributed by atoms with Crippen molar-refractivity contribution in [1.82, 2.24) is 10.6 Å². The molecule has 0 fully saturated rings. The molecule has 90 valence electrons. The van der Waals surface area contributed by atoms with Crippen molar-refractivity contribution in [3.05, 3.63) is 0 Å². The average molecular weight is 216 g/mol. The van der Waals surface area contributed by atoms with Crippen LogP contribution in [0.1, 0.15) is 33.6 Å². The maximum absolute atomic E-state index is 11.2. The normalized spacial score (nSPS) is 12.9. The van der Waals surface area contributed by atoms with E-state index >= 15 is 0 Å². The number of amides is 1. The molecule has 1 amide bonds. The van der Waals surface area contributed by atoms with E-state index in [4.69, 9.17) is 5.11 Å². The summed E-state index contributed by atoms with van der Waals surface area (Å²) in [5.74, 6) is 0.150. The van der Waals surface area contributed by atoms with E-state index in [0.717, 1.165) is 19.4 Å². The third kappa shape index (κ3) is 8.39. The minimum absolute atomic E-state index is 0.0526. The highest BCUT2D eigenvalue weighted by atomic mass is 16.2. The Hall–Kier alpha value is -0.610. The van der Waals surface area contributed by atoms with Crippen molar-refractivity contribution in [2.24, 2.45) is 5.92 Å². The van der Waals surface area contributed by atoms with E-state index in [1.807, 2.05) is 13.8 Å². The molecule has 0 aromatic rings. The molecule has 0 spiro atoms. The van der Waals surface area contributed by atoms with Crippen molar-refractivity contribution in [3.63, 3.8) is 0 Å². The molecule has 0 aliphatic rings. The molecule has 0 aliphatic carbocycles. The number of rotatable bonds is 8. The molecule has 4 nitrogen and oxygen atoms in total. The van der Waals surface area contributed by atoms with E-state index in [-0.39, 0.29) is 18.4 Å². The van der Waals surface area contributed by atoms with Gasteiger partial charge in [0.2, 0.25) is 5.91 Å². The van der Waals surface area contributed by atoms with Gasteiger partial charge in [-0.05, 0) is 19.8 Å². The molecule has 15 heavy (non-hydrogen) atoms. The van der Waals surface area contributed by atoms with Gasteiger partial charge in [-0.25, -0.2) is 0 Å². The number of nitrogens with one attached hydrogen (secondary N) is 2. The highest BCUT2D eigenvalue weighted by Crippen LogP contribution is 1.94. The van der Waals surface area contributed by atoms with Gasteiger partial charge in [0.15, 0.2) is 0 Å². The van der Waals surface area contributed by atoms with Crippen molar-refractivity contribution >= 4 is 5.91 Å². The largest absolute Gasteiger partial charge is 0.396 e. The predicted molar refractivity (Wildman–Crippen MR) is 61.6 cm³/mol. The predicted octanol–water partition coefficient (Wildman–Crippen LogP) is 0.509. The summed E-state index contributed by atoms with van der Waals surface area (Å²) in [6.07, 6.45) is 1.79. The van der Waals surface area contributed by atoms with Crippen LogP contribution in [0.5, 0.6) is 0 Å². The SMILES string of the molecule is CC(CCCO)NCCNC(=O)C(C)C. The first-order chi connectivity index (χ1) is 7.07. The number of aliphatic hydroxyl groups is 1. The molecule has 1 atom stereocenters. The van der Waals surface area contributed by atoms with Gasteiger partial charge in [-0.3, -0.25) is 4.79 Å². The molecule has 0 rings (SSSR count). The van der Waals surface area contributed by atoms with Gasteiger partial charge in [0.05, 0.1) is 0 Å². The smallest absolute Gasteiger partial charge is 0.222 e. The number of aliphatic hydroxyl groups excluding tert-OH is 1. The van der Waals surface area contributed by atoms with E-state index in [1.165, 1.54) is 0 Å². The zero-order valence-corrected chi connectivity index (χ0v) is 10.0. The Bertz CT molecular complexity index is 172. The molecule has 0 radical (unpaired) electrons. The van der Waals surface area contributed by atoms with Crippen molar-refractivity contribution in [1.29, 1.82) is 0 Å². The first-order valence-corrected chi connectivity index (χ1v) is 5.70. The summed E-state index contributed by atoms with van der Waals surface area (Å²) in [6, 6.07) is 0.396. The molecular weight excluding hydrogens is 192 g/mol. The van der Waals surface area contributed by atoms with Crippen LogP contribution in [0, 0.1) is 5.92 Å². The first kappa shape index (κ1) is 14.4. The molecule has 0 saturated heterocycles. The van der Waals surface area contributed by atoms with Crippen LogP contribution in [0.25, 0.3) is 0 Å². The summed E-state index contributed by atoms with van der Waals surface area (Å²) >= 11 is 0. The summed E-state index contributed by atoms with van der Waals surface area (Å²) in [7, 11) is 0. The Kier molecular flexibility index (Phi) is 8.33. The Balaban J connectivity index is 3.34. The second-order valence-corrected chi connectivity index (χ2v) is 4.17. The van der Waals surface area contributed by atoms with Crippen molar-refractivity contribution in [2.45, 2.75) is 39.7 Å². The summed E-state index contributed by atoms with van der Waals surface area (Å²) in [5.41, 5.74) is 0. The van der Waals surface area contributed by atoms with Crippen LogP contribution in [0.4, 0.5) is 0 Å². The van der Waals surface area contributed by atoms with Crippen LogP contribution in [0.2, 0.25) is 0 Å². The monoisotopic (exact) mass is 216 g/mol. The van der Waals surface area contributed by atoms with Crippen LogP contribution in [-0.4, -0.2) is 36.8 Å². The van der Waals surface area contributed by atoms with Crippen molar-refractivity contribution in [2.75, 3.05) is 19.7 Å². The molecular formula is C11H24N2O2. The number of carbonyl (C=O) groups is 1. The molecule has 0 aliphatic heterocycles. The minimum Gasteiger partial charge on any atom is -0.396 e. The highest BCUT2D eigenvalue weighted by molar-refractivity contribution is 5.77. The van der Waals surface area contributed by atoms with Crippen molar-refractivity contribution in [3.8, 4) is 0 Å². The lowest BCUT2D eigenvalue weighted by Gasteiger charge is -2.13. The van der Waals surface area contributed by atoms with Crippen LogP contribution in [0.15, 0.2) is 0 Å². The third-order valence-corrected chi connectivity index (χ3v) is 2.24. The Morgan fingerprint density at radius 2 is 1.93 bits per heavy atom. The fourth-order valence-corrected chi connectivity index (χ4v) is 1.21. The fourth-order valence-electron chi connectivity index (χ4n) is 1.21. The highest BCUT2D eigenvalue weighted by Gasteiger charge is 2.05. The molecule has 1 unspecified atom stereocenters. The molecule has 0 aromatic heterocycles. The standard InChI is InChI=1S/C11H24N2O2/c1-9(2)11(15)13-7-6-12-10(3)5-4-8-14/h9-10,12,14H,4-8H2,1-3H3,(H,13,15). The second kappa shape index (κ2) is 8.68. The minimum atomic E-state index is 0.0526. The van der Waals surface area contributed by atoms with Gasteiger partial charge in [0.25, 0.3) is 0 Å². The third-order valence-electron chi connectivity index (χ3n) is 2.24. The van der Waals surface area contributed by atoms with Crippen LogP contribution < -0.4 is 10.6 Å². The average Bonchev–Trinajstić information content (AvgIpc) is 2.20. The summed E-state index contributed by atoms with van der Waals surface area (Å²) in [5, 5.41) is 14.8. The Morgan fingerprint density at radius 3 is 2.47 bits per heavy atom. The van der Waals surface area contributed by atoms with Crippen LogP contribution in [0.3, 0.4) is 0 Å². The maximum atomic E-state index is 11.2. The molecule has 0 heterocycles. The quantitative estimate of drug-likeness (QED) is 0.518. The first-order valence-electron chi connectivity index (χ1n) is 5.70. The van der Waals surface area contributed by atoms with Gasteiger partial charge in [0.1, 0.15) is 0 Å². The lowest BCUT2D eigenvalue weighted by molar-refractivity contribution is -0.123. The van der Waals surface area contributed by atoms with E-state index in [2.05, 4.69) is 17.6 Å². The van der Waals surface area contributed by atoms with Crippen LogP contribution >= 0.6 is 0 Å². The van der Waals surface area contributed by atoms with E-state index in [1.54, 1.807) is 0 Å². The van der Waals surface area contributed by atoms with Gasteiger partial charge < -0.3 is 15.7 Å². The Labute approximate surface area is 92.4 Å². The lowest BCUT2D eigenvalue weighted by Crippen LogP contribution is -2.37. The molecule has 0 aromatic carbocycles. The van der Waals surface area contributed by atoms with Crippen molar-refractivity contribution < 1.29 is 9.90 Å². The van der Waals surface area contributed by atoms with Gasteiger partial charge in [0, 0.05) is 31.7 Å². The summed E-state index contributed by atoms with van der Waals surface area (Å²) in [4.78, 5) is 11.2. The van der Waals surface area contributed by atoms with Gasteiger partial charge in [-0.15, -0.1) is 0 Å². The topological polar surface area (TPSA) is 61.4 Å². The maximum Gasteiger partial charge on any atom is 0.222 e. The number of hydrogen-bond acceptors (Lipinski definition) is 3. The number of carbonyl (C=O) groups excluding carboxylic acids is 1. The zero-order valence-electron chi connectivity index (χ0n) is 10.0. The number of hydrogen-bond donors (Lipinski definition) is 3. The second-order valence-electron chi connectivity index (χ2n) is 4.17. The zero-order chi connectivity index (χ0) is 11.7. The Morgan fingerprint density at radius 1 is 1.27 bits per heavy atom. The van der Waals surface area contributed by atoms with E-state index < -0.39 is 0 Å². The van der Waals surface area contributed by atoms with E-state index in [9.17, 15) is 4.79 Å². The molecule has 0 bridgehead atoms. The van der Waals surface area contributed by atoms with E-state index in [0.29, 0.717) is 12.6 Å². The lowest BCUT2D eigenvalue weighted by atomic mass is 10.2. The molecule has 0 saturated carbocycles. The molecule has 3 N–H and O–H groups in total. The van der Waals surface area contributed by atoms with Gasteiger partial charge >= 0.3 is 0 Å². The van der Waals surface area contributed by atoms with Gasteiger partial charge in [-0.2, -0.15) is 0 Å². The fraction of sp³-hybridized carbons (Fsp3) is 0.909. The summed E-state index contributed by atoms with van der Waals surface area (Å²) < 4.78 is 0. The summed E-state index contributed by atoms with van der Waals surface area (Å²) in [6.45, 7) is 7.54.